The Morgan fingerprint density at radius 2 is 1.43 bits per heavy atom. The van der Waals surface area contributed by atoms with Crippen LogP contribution in [0.1, 0.15) is 42.3 Å². The second-order valence-electron chi connectivity index (χ2n) is 9.48. The van der Waals surface area contributed by atoms with E-state index >= 15 is 0 Å². The predicted molar refractivity (Wildman–Crippen MR) is 139 cm³/mol. The molecule has 0 aliphatic carbocycles. The monoisotopic (exact) mass is 493 g/mol. The number of rotatable bonds is 7. The van der Waals surface area contributed by atoms with Gasteiger partial charge in [-0.1, -0.05) is 56.7 Å². The molecule has 0 atom stereocenters. The third-order valence-electron chi connectivity index (χ3n) is 5.51. The van der Waals surface area contributed by atoms with Crippen molar-refractivity contribution in [2.75, 3.05) is 24.2 Å². The quantitative estimate of drug-likeness (QED) is 0.494. The molecule has 2 N–H and O–H groups in total. The van der Waals surface area contributed by atoms with Crippen molar-refractivity contribution in [1.82, 2.24) is 4.31 Å². The van der Waals surface area contributed by atoms with Crippen molar-refractivity contribution in [3.8, 4) is 0 Å². The molecule has 3 rings (SSSR count). The van der Waals surface area contributed by atoms with Gasteiger partial charge in [-0.15, -0.1) is 0 Å². The maximum absolute atomic E-state index is 12.7. The third-order valence-corrected chi connectivity index (χ3v) is 7.33. The highest BCUT2D eigenvalue weighted by Gasteiger charge is 2.23. The second-order valence-corrected chi connectivity index (χ2v) is 11.5. The lowest BCUT2D eigenvalue weighted by atomic mass is 9.87. The zero-order valence-corrected chi connectivity index (χ0v) is 21.4. The number of nitrogens with one attached hydrogen (secondary N) is 2. The van der Waals surface area contributed by atoms with Crippen LogP contribution in [-0.2, 0) is 20.2 Å². The first-order chi connectivity index (χ1) is 16.4. The van der Waals surface area contributed by atoms with Crippen LogP contribution < -0.4 is 10.6 Å². The Morgan fingerprint density at radius 3 is 2.00 bits per heavy atom. The maximum atomic E-state index is 12.7. The number of hydrogen-bond donors (Lipinski definition) is 2. The number of hydrogen-bond acceptors (Lipinski definition) is 4. The summed E-state index contributed by atoms with van der Waals surface area (Å²) >= 11 is 0. The van der Waals surface area contributed by atoms with Gasteiger partial charge in [-0.05, 0) is 60.4 Å². The number of amides is 2. The van der Waals surface area contributed by atoms with E-state index in [9.17, 15) is 18.0 Å². The topological polar surface area (TPSA) is 95.6 Å². The zero-order chi connectivity index (χ0) is 25.8. The largest absolute Gasteiger partial charge is 0.325 e. The van der Waals surface area contributed by atoms with Crippen LogP contribution in [0.5, 0.6) is 0 Å². The Hall–Kier alpha value is -3.49. The van der Waals surface area contributed by atoms with Crippen molar-refractivity contribution in [3.63, 3.8) is 0 Å². The maximum Gasteiger partial charge on any atom is 0.255 e. The first-order valence-corrected chi connectivity index (χ1v) is 12.6. The van der Waals surface area contributed by atoms with Gasteiger partial charge >= 0.3 is 0 Å². The van der Waals surface area contributed by atoms with Gasteiger partial charge in [0.15, 0.2) is 0 Å². The van der Waals surface area contributed by atoms with Gasteiger partial charge in [-0.25, -0.2) is 8.42 Å². The minimum atomic E-state index is -3.79. The number of aryl methyl sites for hydroxylation is 1. The molecule has 0 fully saturated rings. The fourth-order valence-electron chi connectivity index (χ4n) is 3.38. The Kier molecular flexibility index (Phi) is 7.77. The Morgan fingerprint density at radius 1 is 0.857 bits per heavy atom. The zero-order valence-electron chi connectivity index (χ0n) is 20.6. The highest BCUT2D eigenvalue weighted by Crippen LogP contribution is 2.23. The van der Waals surface area contributed by atoms with Crippen LogP contribution in [0.4, 0.5) is 11.4 Å². The second kappa shape index (κ2) is 10.4. The van der Waals surface area contributed by atoms with Crippen molar-refractivity contribution in [2.24, 2.45) is 0 Å². The van der Waals surface area contributed by atoms with Crippen LogP contribution in [0.15, 0.2) is 77.7 Å². The Bertz CT molecular complexity index is 1310. The van der Waals surface area contributed by atoms with E-state index in [1.54, 1.807) is 48.5 Å². The molecule has 0 aromatic heterocycles. The summed E-state index contributed by atoms with van der Waals surface area (Å²) in [6.07, 6.45) is 0. The lowest BCUT2D eigenvalue weighted by Crippen LogP contribution is -2.35. The molecule has 0 bridgehead atoms. The number of sulfonamides is 1. The van der Waals surface area contributed by atoms with Crippen LogP contribution in [0.25, 0.3) is 0 Å². The van der Waals surface area contributed by atoms with Crippen LogP contribution >= 0.6 is 0 Å². The molecule has 0 unspecified atom stereocenters. The fourth-order valence-corrected chi connectivity index (χ4v) is 4.50. The molecule has 0 spiro atoms. The smallest absolute Gasteiger partial charge is 0.255 e. The minimum absolute atomic E-state index is 0.00488. The van der Waals surface area contributed by atoms with Gasteiger partial charge in [0.2, 0.25) is 15.9 Å². The predicted octanol–water partition coefficient (Wildman–Crippen LogP) is 4.80. The summed E-state index contributed by atoms with van der Waals surface area (Å²) in [5.74, 6) is -0.762. The van der Waals surface area contributed by atoms with Crippen molar-refractivity contribution >= 4 is 33.2 Å². The third kappa shape index (κ3) is 6.77. The average Bonchev–Trinajstić information content (AvgIpc) is 2.79. The number of carbonyl (C=O) groups is 2. The van der Waals surface area contributed by atoms with E-state index in [1.807, 2.05) is 19.1 Å². The molecule has 0 saturated carbocycles. The van der Waals surface area contributed by atoms with Crippen LogP contribution in [0.2, 0.25) is 0 Å². The van der Waals surface area contributed by atoms with Crippen LogP contribution in [0.3, 0.4) is 0 Å². The molecule has 3 aromatic rings. The highest BCUT2D eigenvalue weighted by molar-refractivity contribution is 7.89. The lowest BCUT2D eigenvalue weighted by molar-refractivity contribution is -0.116. The molecule has 0 heterocycles. The van der Waals surface area contributed by atoms with E-state index in [2.05, 4.69) is 31.4 Å². The molecule has 0 saturated heterocycles. The molecule has 3 aromatic carbocycles. The van der Waals surface area contributed by atoms with Crippen molar-refractivity contribution in [3.05, 3.63) is 89.5 Å². The molecular formula is C27H31N3O4S. The SMILES string of the molecule is Cc1ccc(S(=O)(=O)N(C)CC(=O)Nc2cccc(NC(=O)c3ccc(C(C)(C)C)cc3)c2)cc1. The van der Waals surface area contributed by atoms with Gasteiger partial charge < -0.3 is 10.6 Å². The summed E-state index contributed by atoms with van der Waals surface area (Å²) in [6.45, 7) is 7.84. The fraction of sp³-hybridized carbons (Fsp3) is 0.259. The molecular weight excluding hydrogens is 462 g/mol. The summed E-state index contributed by atoms with van der Waals surface area (Å²) in [4.78, 5) is 25.3. The summed E-state index contributed by atoms with van der Waals surface area (Å²) in [5.41, 5.74) is 3.54. The molecule has 2 amide bonds. The lowest BCUT2D eigenvalue weighted by Gasteiger charge is -2.19. The van der Waals surface area contributed by atoms with E-state index in [-0.39, 0.29) is 22.8 Å². The molecule has 0 radical (unpaired) electrons. The summed E-state index contributed by atoms with van der Waals surface area (Å²) in [7, 11) is -2.44. The normalized spacial score (nSPS) is 11.8. The number of likely N-dealkylation sites (N-methyl/N-ethyl adjacent to an activating group) is 1. The standard InChI is InChI=1S/C27H31N3O4S/c1-19-9-15-24(16-10-19)35(33,34)30(5)18-25(31)28-22-7-6-8-23(17-22)29-26(32)20-11-13-21(14-12-20)27(2,3)4/h6-17H,18H2,1-5H3,(H,28,31)(H,29,32). The van der Waals surface area contributed by atoms with Gasteiger partial charge in [0, 0.05) is 24.0 Å². The molecule has 35 heavy (non-hydrogen) atoms. The molecule has 7 nitrogen and oxygen atoms in total. The molecule has 8 heteroatoms. The first kappa shape index (κ1) is 26.1. The minimum Gasteiger partial charge on any atom is -0.325 e. The van der Waals surface area contributed by atoms with Crippen LogP contribution in [0, 0.1) is 6.92 Å². The van der Waals surface area contributed by atoms with E-state index in [0.717, 1.165) is 15.4 Å². The van der Waals surface area contributed by atoms with E-state index in [4.69, 9.17) is 0 Å². The van der Waals surface area contributed by atoms with Gasteiger partial charge in [0.25, 0.3) is 5.91 Å². The first-order valence-electron chi connectivity index (χ1n) is 11.2. The summed E-state index contributed by atoms with van der Waals surface area (Å²) < 4.78 is 26.4. The van der Waals surface area contributed by atoms with Gasteiger partial charge in [-0.3, -0.25) is 9.59 Å². The van der Waals surface area contributed by atoms with Crippen LogP contribution in [-0.4, -0.2) is 38.1 Å². The highest BCUT2D eigenvalue weighted by atomic mass is 32.2. The van der Waals surface area contributed by atoms with Gasteiger partial charge in [0.05, 0.1) is 11.4 Å². The molecule has 184 valence electrons. The summed E-state index contributed by atoms with van der Waals surface area (Å²) in [6, 6.07) is 20.6. The average molecular weight is 494 g/mol. The molecule has 0 aliphatic heterocycles. The summed E-state index contributed by atoms with van der Waals surface area (Å²) in [5, 5.41) is 5.51. The number of anilines is 2. The van der Waals surface area contributed by atoms with Gasteiger partial charge in [-0.2, -0.15) is 4.31 Å². The van der Waals surface area contributed by atoms with E-state index in [0.29, 0.717) is 16.9 Å². The van der Waals surface area contributed by atoms with Crippen molar-refractivity contribution in [2.45, 2.75) is 38.0 Å². The Labute approximate surface area is 207 Å². The van der Waals surface area contributed by atoms with E-state index in [1.165, 1.54) is 19.2 Å². The number of carbonyl (C=O) groups excluding carboxylic acids is 2. The van der Waals surface area contributed by atoms with Gasteiger partial charge in [0.1, 0.15) is 0 Å². The Balaban J connectivity index is 1.63. The van der Waals surface area contributed by atoms with Crippen molar-refractivity contribution < 1.29 is 18.0 Å². The molecule has 0 aliphatic rings. The number of nitrogens with zero attached hydrogens (tertiary/aromatic N) is 1. The van der Waals surface area contributed by atoms with E-state index < -0.39 is 15.9 Å². The van der Waals surface area contributed by atoms with Crippen molar-refractivity contribution in [1.29, 1.82) is 0 Å². The number of benzene rings is 3.